The molecule has 0 aliphatic heterocycles. The Morgan fingerprint density at radius 2 is 2.17 bits per heavy atom. The van der Waals surface area contributed by atoms with Crippen LogP contribution in [0.1, 0.15) is 60.3 Å². The summed E-state index contributed by atoms with van der Waals surface area (Å²) in [4.78, 5) is 12.0. The van der Waals surface area contributed by atoms with Crippen LogP contribution in [0.4, 0.5) is 0 Å². The number of allylic oxidation sites excluding steroid dienone is 1. The van der Waals surface area contributed by atoms with Crippen molar-refractivity contribution >= 4 is 5.97 Å². The smallest absolute Gasteiger partial charge is 0.315 e. The summed E-state index contributed by atoms with van der Waals surface area (Å²) in [6, 6.07) is 0. The maximum absolute atomic E-state index is 12.0. The second-order valence-electron chi connectivity index (χ2n) is 6.34. The van der Waals surface area contributed by atoms with Crippen molar-refractivity contribution in [3.8, 4) is 0 Å². The summed E-state index contributed by atoms with van der Waals surface area (Å²) in [5, 5.41) is 0. The molecule has 2 nitrogen and oxygen atoms in total. The predicted octanol–water partition coefficient (Wildman–Crippen LogP) is 4.35. The molecule has 0 fully saturated rings. The average molecular weight is 252 g/mol. The summed E-state index contributed by atoms with van der Waals surface area (Å²) in [5.74, 6) is 1.48. The van der Waals surface area contributed by atoms with Gasteiger partial charge in [-0.3, -0.25) is 4.79 Å². The first-order valence-electron chi connectivity index (χ1n) is 7.24. The number of ether oxygens (including phenoxy) is 1. The fourth-order valence-electron chi connectivity index (χ4n) is 2.78. The van der Waals surface area contributed by atoms with Crippen LogP contribution < -0.4 is 0 Å². The molecule has 0 heterocycles. The van der Waals surface area contributed by atoms with E-state index in [0.717, 1.165) is 24.7 Å². The van der Waals surface area contributed by atoms with E-state index in [4.69, 9.17) is 4.74 Å². The Labute approximate surface area is 112 Å². The van der Waals surface area contributed by atoms with Gasteiger partial charge in [-0.05, 0) is 58.3 Å². The van der Waals surface area contributed by atoms with Gasteiger partial charge in [0.05, 0.1) is 12.0 Å². The molecule has 18 heavy (non-hydrogen) atoms. The number of hydrogen-bond acceptors (Lipinski definition) is 2. The zero-order chi connectivity index (χ0) is 13.8. The van der Waals surface area contributed by atoms with Gasteiger partial charge in [-0.25, -0.2) is 0 Å². The topological polar surface area (TPSA) is 26.3 Å². The fraction of sp³-hybridized carbons (Fsp3) is 0.812. The standard InChI is InChI=1S/C16H28O2/c1-6-18-15(17)16(4,5)14-9-7-13(8-10-14)11-12(2)3/h9,12-13H,6-8,10-11H2,1-5H3/t13-/m1/s1. The molecule has 0 radical (unpaired) electrons. The largest absolute Gasteiger partial charge is 0.465 e. The number of esters is 1. The molecule has 104 valence electrons. The van der Waals surface area contributed by atoms with Crippen molar-refractivity contribution in [2.45, 2.75) is 60.3 Å². The van der Waals surface area contributed by atoms with E-state index in [2.05, 4.69) is 19.9 Å². The fourth-order valence-corrected chi connectivity index (χ4v) is 2.78. The van der Waals surface area contributed by atoms with Crippen LogP contribution in [-0.2, 0) is 9.53 Å². The molecule has 0 saturated carbocycles. The van der Waals surface area contributed by atoms with Gasteiger partial charge in [0.15, 0.2) is 0 Å². The summed E-state index contributed by atoms with van der Waals surface area (Å²) < 4.78 is 5.17. The molecular formula is C16H28O2. The molecule has 2 heteroatoms. The molecule has 0 saturated heterocycles. The molecule has 0 spiro atoms. The van der Waals surface area contributed by atoms with Crippen LogP contribution in [-0.4, -0.2) is 12.6 Å². The molecule has 0 bridgehead atoms. The Morgan fingerprint density at radius 3 is 2.61 bits per heavy atom. The van der Waals surface area contributed by atoms with E-state index in [1.165, 1.54) is 18.4 Å². The Morgan fingerprint density at radius 1 is 1.50 bits per heavy atom. The van der Waals surface area contributed by atoms with Gasteiger partial charge in [-0.2, -0.15) is 0 Å². The van der Waals surface area contributed by atoms with Crippen molar-refractivity contribution in [3.05, 3.63) is 11.6 Å². The Bertz CT molecular complexity index is 313. The lowest BCUT2D eigenvalue weighted by Gasteiger charge is -2.31. The zero-order valence-electron chi connectivity index (χ0n) is 12.6. The van der Waals surface area contributed by atoms with Crippen LogP contribution >= 0.6 is 0 Å². The first-order valence-corrected chi connectivity index (χ1v) is 7.24. The van der Waals surface area contributed by atoms with E-state index in [0.29, 0.717) is 6.61 Å². The Balaban J connectivity index is 2.63. The lowest BCUT2D eigenvalue weighted by atomic mass is 9.74. The number of carbonyl (C=O) groups excluding carboxylic acids is 1. The van der Waals surface area contributed by atoms with Crippen molar-refractivity contribution in [2.75, 3.05) is 6.61 Å². The summed E-state index contributed by atoms with van der Waals surface area (Å²) in [6.07, 6.45) is 6.96. The highest BCUT2D eigenvalue weighted by atomic mass is 16.5. The molecule has 1 aliphatic rings. The molecule has 0 aromatic rings. The van der Waals surface area contributed by atoms with E-state index >= 15 is 0 Å². The van der Waals surface area contributed by atoms with E-state index in [9.17, 15) is 4.79 Å². The second-order valence-corrected chi connectivity index (χ2v) is 6.34. The number of rotatable bonds is 5. The van der Waals surface area contributed by atoms with Crippen LogP contribution in [0.15, 0.2) is 11.6 Å². The molecule has 1 aliphatic carbocycles. The third kappa shape index (κ3) is 3.86. The summed E-state index contributed by atoms with van der Waals surface area (Å²) >= 11 is 0. The molecule has 0 N–H and O–H groups in total. The normalized spacial score (nSPS) is 20.8. The molecule has 0 amide bonds. The third-order valence-electron chi connectivity index (χ3n) is 3.91. The molecule has 0 aromatic heterocycles. The minimum absolute atomic E-state index is 0.0847. The quantitative estimate of drug-likeness (QED) is 0.537. The van der Waals surface area contributed by atoms with Crippen LogP contribution in [0.3, 0.4) is 0 Å². The lowest BCUT2D eigenvalue weighted by molar-refractivity contribution is -0.151. The highest BCUT2D eigenvalue weighted by Gasteiger charge is 2.34. The van der Waals surface area contributed by atoms with Crippen molar-refractivity contribution in [2.24, 2.45) is 17.3 Å². The van der Waals surface area contributed by atoms with Gasteiger partial charge in [0, 0.05) is 0 Å². The molecular weight excluding hydrogens is 224 g/mol. The van der Waals surface area contributed by atoms with Crippen LogP contribution in [0, 0.1) is 17.3 Å². The predicted molar refractivity (Wildman–Crippen MR) is 75.3 cm³/mol. The highest BCUT2D eigenvalue weighted by molar-refractivity contribution is 5.79. The first kappa shape index (κ1) is 15.3. The van der Waals surface area contributed by atoms with E-state index in [-0.39, 0.29) is 5.97 Å². The number of carbonyl (C=O) groups is 1. The second kappa shape index (κ2) is 6.40. The highest BCUT2D eigenvalue weighted by Crippen LogP contribution is 2.38. The van der Waals surface area contributed by atoms with Crippen molar-refractivity contribution in [1.82, 2.24) is 0 Å². The van der Waals surface area contributed by atoms with Crippen LogP contribution in [0.25, 0.3) is 0 Å². The van der Waals surface area contributed by atoms with E-state index in [1.54, 1.807) is 0 Å². The minimum Gasteiger partial charge on any atom is -0.465 e. The maximum Gasteiger partial charge on any atom is 0.315 e. The van der Waals surface area contributed by atoms with E-state index < -0.39 is 5.41 Å². The van der Waals surface area contributed by atoms with Crippen molar-refractivity contribution < 1.29 is 9.53 Å². The van der Waals surface area contributed by atoms with Crippen LogP contribution in [0.2, 0.25) is 0 Å². The monoisotopic (exact) mass is 252 g/mol. The zero-order valence-corrected chi connectivity index (χ0v) is 12.6. The minimum atomic E-state index is -0.446. The summed E-state index contributed by atoms with van der Waals surface area (Å²) in [6.45, 7) is 10.9. The van der Waals surface area contributed by atoms with Crippen LogP contribution in [0.5, 0.6) is 0 Å². The Hall–Kier alpha value is -0.790. The molecule has 1 rings (SSSR count). The SMILES string of the molecule is CCOC(=O)C(C)(C)C1=CC[C@@H](CC(C)C)CC1. The average Bonchev–Trinajstić information content (AvgIpc) is 2.29. The molecule has 0 unspecified atom stereocenters. The van der Waals surface area contributed by atoms with Gasteiger partial charge in [0.25, 0.3) is 0 Å². The van der Waals surface area contributed by atoms with Gasteiger partial charge < -0.3 is 4.74 Å². The third-order valence-corrected chi connectivity index (χ3v) is 3.91. The Kier molecular flexibility index (Phi) is 5.43. The van der Waals surface area contributed by atoms with Crippen molar-refractivity contribution in [1.29, 1.82) is 0 Å². The van der Waals surface area contributed by atoms with Gasteiger partial charge in [-0.15, -0.1) is 0 Å². The lowest BCUT2D eigenvalue weighted by Crippen LogP contribution is -2.30. The van der Waals surface area contributed by atoms with Crippen molar-refractivity contribution in [3.63, 3.8) is 0 Å². The summed E-state index contributed by atoms with van der Waals surface area (Å²) in [7, 11) is 0. The van der Waals surface area contributed by atoms with Gasteiger partial charge >= 0.3 is 5.97 Å². The van der Waals surface area contributed by atoms with Gasteiger partial charge in [-0.1, -0.05) is 25.5 Å². The molecule has 1 atom stereocenters. The first-order chi connectivity index (χ1) is 8.37. The number of hydrogen-bond donors (Lipinski definition) is 0. The summed E-state index contributed by atoms with van der Waals surface area (Å²) in [5.41, 5.74) is 0.819. The van der Waals surface area contributed by atoms with Gasteiger partial charge in [0.1, 0.15) is 0 Å². The van der Waals surface area contributed by atoms with Gasteiger partial charge in [0.2, 0.25) is 0 Å². The maximum atomic E-state index is 12.0. The molecule has 0 aromatic carbocycles. The van der Waals surface area contributed by atoms with E-state index in [1.807, 2.05) is 20.8 Å².